The topological polar surface area (TPSA) is 0 Å². The quantitative estimate of drug-likeness (QED) is 0.288. The van der Waals surface area contributed by atoms with E-state index in [1.807, 2.05) is 0 Å². The van der Waals surface area contributed by atoms with Crippen LogP contribution in [-0.4, -0.2) is 0 Å². The van der Waals surface area contributed by atoms with E-state index in [0.717, 1.165) is 0 Å². The van der Waals surface area contributed by atoms with Crippen molar-refractivity contribution in [1.29, 1.82) is 0 Å². The minimum Gasteiger partial charge on any atom is -0.0616 e. The van der Waals surface area contributed by atoms with E-state index in [-0.39, 0.29) is 0 Å². The Balaban J connectivity index is 2.00. The van der Waals surface area contributed by atoms with E-state index < -0.39 is 0 Å². The fourth-order valence-electron chi connectivity index (χ4n) is 4.23. The lowest BCUT2D eigenvalue weighted by molar-refractivity contribution is 1.72. The van der Waals surface area contributed by atoms with Crippen molar-refractivity contribution in [3.63, 3.8) is 0 Å². The minimum absolute atomic E-state index is 1.34. The molecule has 2 aliphatic carbocycles. The number of rotatable bonds is 0. The van der Waals surface area contributed by atoms with Crippen molar-refractivity contribution in [1.82, 2.24) is 0 Å². The average molecular weight is 276 g/mol. The Hall–Kier alpha value is -2.86. The number of fused-ring (bicyclic) bond motifs is 2. The predicted molar refractivity (Wildman–Crippen MR) is 94.6 cm³/mol. The first-order valence-corrected chi connectivity index (χ1v) is 7.72. The van der Waals surface area contributed by atoms with Gasteiger partial charge in [0.25, 0.3) is 0 Å². The number of hydrogen-bond acceptors (Lipinski definition) is 0. The Morgan fingerprint density at radius 2 is 1.00 bits per heavy atom. The lowest BCUT2D eigenvalue weighted by Gasteiger charge is -2.12. The van der Waals surface area contributed by atoms with Crippen LogP contribution >= 0.6 is 0 Å². The van der Waals surface area contributed by atoms with Gasteiger partial charge in [-0.1, -0.05) is 66.7 Å². The summed E-state index contributed by atoms with van der Waals surface area (Å²) in [6.07, 6.45) is 0. The van der Waals surface area contributed by atoms with Crippen molar-refractivity contribution in [3.8, 4) is 22.3 Å². The summed E-state index contributed by atoms with van der Waals surface area (Å²) >= 11 is 0. The Labute approximate surface area is 128 Å². The zero-order valence-electron chi connectivity index (χ0n) is 11.9. The van der Waals surface area contributed by atoms with Gasteiger partial charge in [-0.2, -0.15) is 0 Å². The monoisotopic (exact) mass is 276 g/mol. The van der Waals surface area contributed by atoms with Gasteiger partial charge in [0.2, 0.25) is 0 Å². The fourth-order valence-corrected chi connectivity index (χ4v) is 4.23. The summed E-state index contributed by atoms with van der Waals surface area (Å²) < 4.78 is 0. The normalized spacial score (nSPS) is 12.5. The van der Waals surface area contributed by atoms with Gasteiger partial charge in [-0.25, -0.2) is 0 Å². The molecule has 0 fully saturated rings. The lowest BCUT2D eigenvalue weighted by Crippen LogP contribution is -1.84. The Morgan fingerprint density at radius 3 is 1.59 bits per heavy atom. The molecular weight excluding hydrogens is 264 g/mol. The highest BCUT2D eigenvalue weighted by Gasteiger charge is 2.22. The third-order valence-electron chi connectivity index (χ3n) is 5.15. The third kappa shape index (κ3) is 1.09. The molecule has 2 aliphatic rings. The van der Waals surface area contributed by atoms with E-state index in [9.17, 15) is 0 Å². The van der Waals surface area contributed by atoms with Crippen LogP contribution in [0.3, 0.4) is 0 Å². The Kier molecular flexibility index (Phi) is 1.71. The summed E-state index contributed by atoms with van der Waals surface area (Å²) in [7, 11) is 0. The molecule has 4 aromatic rings. The first-order chi connectivity index (χ1) is 10.9. The summed E-state index contributed by atoms with van der Waals surface area (Å²) in [5.41, 5.74) is 5.52. The van der Waals surface area contributed by atoms with E-state index in [1.54, 1.807) is 0 Å². The molecule has 0 aromatic heterocycles. The molecule has 0 heterocycles. The highest BCUT2D eigenvalue weighted by molar-refractivity contribution is 6.30. The van der Waals surface area contributed by atoms with Crippen molar-refractivity contribution in [2.45, 2.75) is 0 Å². The molecule has 22 heavy (non-hydrogen) atoms. The first-order valence-electron chi connectivity index (χ1n) is 7.72. The summed E-state index contributed by atoms with van der Waals surface area (Å²) in [6, 6.07) is 26.9. The molecule has 0 N–H and O–H groups in total. The molecule has 0 saturated carbocycles. The van der Waals surface area contributed by atoms with Crippen LogP contribution in [0.5, 0.6) is 0 Å². The predicted octanol–water partition coefficient (Wildman–Crippen LogP) is 6.23. The van der Waals surface area contributed by atoms with Crippen LogP contribution in [0.4, 0.5) is 0 Å². The largest absolute Gasteiger partial charge is 0.0616 e. The van der Waals surface area contributed by atoms with Crippen LogP contribution in [-0.2, 0) is 0 Å². The maximum atomic E-state index is 2.37. The van der Waals surface area contributed by atoms with Gasteiger partial charge < -0.3 is 0 Å². The van der Waals surface area contributed by atoms with Gasteiger partial charge in [-0.3, -0.25) is 0 Å². The van der Waals surface area contributed by atoms with Gasteiger partial charge >= 0.3 is 0 Å². The van der Waals surface area contributed by atoms with Crippen LogP contribution in [0.1, 0.15) is 0 Å². The molecule has 6 rings (SSSR count). The van der Waals surface area contributed by atoms with Crippen molar-refractivity contribution in [2.24, 2.45) is 0 Å². The van der Waals surface area contributed by atoms with Gasteiger partial charge in [0.1, 0.15) is 0 Å². The number of benzene rings is 5. The maximum Gasteiger partial charge on any atom is -0.00143 e. The van der Waals surface area contributed by atoms with Gasteiger partial charge in [-0.15, -0.1) is 0 Å². The second-order valence-corrected chi connectivity index (χ2v) is 6.20. The summed E-state index contributed by atoms with van der Waals surface area (Å²) in [5.74, 6) is 0. The van der Waals surface area contributed by atoms with E-state index >= 15 is 0 Å². The molecule has 2 bridgehead atoms. The molecular formula is C22H12. The molecule has 0 amide bonds. The van der Waals surface area contributed by atoms with Crippen LogP contribution < -0.4 is 0 Å². The van der Waals surface area contributed by atoms with E-state index in [1.165, 1.54) is 54.6 Å². The lowest BCUT2D eigenvalue weighted by atomic mass is 9.91. The van der Waals surface area contributed by atoms with Crippen LogP contribution in [0.2, 0.25) is 0 Å². The van der Waals surface area contributed by atoms with E-state index in [2.05, 4.69) is 72.8 Å². The van der Waals surface area contributed by atoms with Gasteiger partial charge in [0.15, 0.2) is 0 Å². The van der Waals surface area contributed by atoms with Crippen molar-refractivity contribution >= 4 is 32.3 Å². The second kappa shape index (κ2) is 3.48. The second-order valence-electron chi connectivity index (χ2n) is 6.20. The zero-order chi connectivity index (χ0) is 14.3. The standard InChI is InChI=1S/C22H12/c1-2-7-16-15(6-1)19-12-20(16)18-11-9-14-5-3-4-13-8-10-17(19)22(18)21(13)14/h1-12H. The fraction of sp³-hybridized carbons (Fsp3) is 0. The molecule has 100 valence electrons. The van der Waals surface area contributed by atoms with Gasteiger partial charge in [0.05, 0.1) is 0 Å². The van der Waals surface area contributed by atoms with Crippen LogP contribution in [0.15, 0.2) is 72.8 Å². The highest BCUT2D eigenvalue weighted by atomic mass is 14.3. The molecule has 0 aliphatic heterocycles. The van der Waals surface area contributed by atoms with Crippen molar-refractivity contribution in [3.05, 3.63) is 72.8 Å². The molecule has 0 nitrogen and oxygen atoms in total. The SMILES string of the molecule is c1ccc2c(c1)-c1cc-2c2ccc3cccc4ccc1c2c43. The molecule has 0 unspecified atom stereocenters. The summed E-state index contributed by atoms with van der Waals surface area (Å²) in [6.45, 7) is 0. The van der Waals surface area contributed by atoms with E-state index in [0.29, 0.717) is 0 Å². The third-order valence-corrected chi connectivity index (χ3v) is 5.15. The molecule has 0 radical (unpaired) electrons. The van der Waals surface area contributed by atoms with E-state index in [4.69, 9.17) is 0 Å². The highest BCUT2D eigenvalue weighted by Crippen LogP contribution is 2.50. The van der Waals surface area contributed by atoms with Crippen LogP contribution in [0.25, 0.3) is 54.6 Å². The Bertz CT molecular complexity index is 1120. The van der Waals surface area contributed by atoms with Gasteiger partial charge in [0, 0.05) is 0 Å². The van der Waals surface area contributed by atoms with Gasteiger partial charge in [-0.05, 0) is 60.6 Å². The average Bonchev–Trinajstić information content (AvgIpc) is 2.91. The summed E-state index contributed by atoms with van der Waals surface area (Å²) in [5, 5.41) is 8.28. The summed E-state index contributed by atoms with van der Waals surface area (Å²) in [4.78, 5) is 0. The molecule has 0 saturated heterocycles. The molecule has 0 heteroatoms. The molecule has 0 atom stereocenters. The Morgan fingerprint density at radius 1 is 0.409 bits per heavy atom. The van der Waals surface area contributed by atoms with Crippen molar-refractivity contribution in [2.75, 3.05) is 0 Å². The number of hydrogen-bond donors (Lipinski definition) is 0. The zero-order valence-corrected chi connectivity index (χ0v) is 11.9. The minimum atomic E-state index is 1.34. The molecule has 0 spiro atoms. The first kappa shape index (κ1) is 10.8. The molecule has 4 aromatic carbocycles. The van der Waals surface area contributed by atoms with Crippen LogP contribution in [0, 0.1) is 0 Å². The van der Waals surface area contributed by atoms with Crippen molar-refractivity contribution < 1.29 is 0 Å². The smallest absolute Gasteiger partial charge is 0.00143 e. The maximum absolute atomic E-state index is 2.37.